The van der Waals surface area contributed by atoms with Crippen molar-refractivity contribution in [3.8, 4) is 0 Å². The SMILES string of the molecule is CCC(=O)[C@@H](C)C1=C(C)C(=O)[C@H](C)[C@H](C)O1. The highest BCUT2D eigenvalue weighted by molar-refractivity contribution is 5.99. The Morgan fingerprint density at radius 3 is 2.50 bits per heavy atom. The third-order valence-corrected chi connectivity index (χ3v) is 3.39. The fraction of sp³-hybridized carbons (Fsp3) is 0.692. The van der Waals surface area contributed by atoms with Crippen molar-refractivity contribution in [2.75, 3.05) is 0 Å². The van der Waals surface area contributed by atoms with E-state index in [9.17, 15) is 9.59 Å². The highest BCUT2D eigenvalue weighted by atomic mass is 16.5. The minimum atomic E-state index is -0.302. The standard InChI is InChI=1S/C13H20O3/c1-6-11(14)8(3)13-9(4)12(15)7(2)10(5)16-13/h7-8,10H,6H2,1-5H3/t7-,8-,10+/m1/s1. The normalized spacial score (nSPS) is 27.7. The van der Waals surface area contributed by atoms with Crippen molar-refractivity contribution in [3.63, 3.8) is 0 Å². The summed E-state index contributed by atoms with van der Waals surface area (Å²) in [5, 5.41) is 0. The summed E-state index contributed by atoms with van der Waals surface area (Å²) in [6, 6.07) is 0. The van der Waals surface area contributed by atoms with Gasteiger partial charge in [0.15, 0.2) is 5.78 Å². The molecule has 1 aliphatic rings. The van der Waals surface area contributed by atoms with Gasteiger partial charge in [-0.2, -0.15) is 0 Å². The van der Waals surface area contributed by atoms with E-state index < -0.39 is 0 Å². The van der Waals surface area contributed by atoms with Gasteiger partial charge in [-0.05, 0) is 20.8 Å². The molecule has 0 unspecified atom stereocenters. The maximum Gasteiger partial charge on any atom is 0.168 e. The molecule has 0 aromatic rings. The molecule has 0 aromatic carbocycles. The molecule has 3 nitrogen and oxygen atoms in total. The van der Waals surface area contributed by atoms with Crippen LogP contribution in [0.1, 0.15) is 41.0 Å². The predicted octanol–water partition coefficient (Wildman–Crippen LogP) is 2.50. The molecule has 3 atom stereocenters. The second-order valence-corrected chi connectivity index (χ2v) is 4.51. The van der Waals surface area contributed by atoms with Crippen LogP contribution in [0.2, 0.25) is 0 Å². The minimum absolute atomic E-state index is 0.101. The molecule has 0 radical (unpaired) electrons. The van der Waals surface area contributed by atoms with Crippen LogP contribution in [0.5, 0.6) is 0 Å². The molecule has 0 bridgehead atoms. The zero-order valence-electron chi connectivity index (χ0n) is 10.7. The Morgan fingerprint density at radius 2 is 2.00 bits per heavy atom. The highest BCUT2D eigenvalue weighted by Gasteiger charge is 2.34. The first-order valence-corrected chi connectivity index (χ1v) is 5.84. The van der Waals surface area contributed by atoms with Crippen LogP contribution in [0, 0.1) is 11.8 Å². The summed E-state index contributed by atoms with van der Waals surface area (Å²) in [5.74, 6) is 0.368. The number of allylic oxidation sites excluding steroid dienone is 2. The van der Waals surface area contributed by atoms with Crippen molar-refractivity contribution < 1.29 is 14.3 Å². The van der Waals surface area contributed by atoms with Crippen molar-refractivity contribution in [2.45, 2.75) is 47.1 Å². The molecular weight excluding hydrogens is 204 g/mol. The molecular formula is C13H20O3. The van der Waals surface area contributed by atoms with Gasteiger partial charge in [0.2, 0.25) is 0 Å². The highest BCUT2D eigenvalue weighted by Crippen LogP contribution is 2.30. The van der Waals surface area contributed by atoms with E-state index >= 15 is 0 Å². The van der Waals surface area contributed by atoms with Gasteiger partial charge in [0.05, 0.1) is 11.8 Å². The summed E-state index contributed by atoms with van der Waals surface area (Å²) < 4.78 is 5.70. The van der Waals surface area contributed by atoms with Gasteiger partial charge in [-0.1, -0.05) is 13.8 Å². The Bertz CT molecular complexity index is 341. The Kier molecular flexibility index (Phi) is 3.89. The third kappa shape index (κ3) is 2.18. The Balaban J connectivity index is 3.03. The molecule has 1 rings (SSSR count). The van der Waals surface area contributed by atoms with Crippen LogP contribution in [0.4, 0.5) is 0 Å². The first-order chi connectivity index (χ1) is 7.40. The van der Waals surface area contributed by atoms with Gasteiger partial charge >= 0.3 is 0 Å². The average Bonchev–Trinajstić information content (AvgIpc) is 2.29. The Morgan fingerprint density at radius 1 is 1.44 bits per heavy atom. The number of carbonyl (C=O) groups is 2. The first-order valence-electron chi connectivity index (χ1n) is 5.84. The summed E-state index contributed by atoms with van der Waals surface area (Å²) in [4.78, 5) is 23.5. The molecule has 90 valence electrons. The summed E-state index contributed by atoms with van der Waals surface area (Å²) in [6.07, 6.45) is 0.331. The van der Waals surface area contributed by atoms with E-state index in [-0.39, 0.29) is 29.5 Å². The van der Waals surface area contributed by atoms with Gasteiger partial charge in [-0.15, -0.1) is 0 Å². The molecule has 0 spiro atoms. The number of ketones is 2. The van der Waals surface area contributed by atoms with Crippen LogP contribution in [0.25, 0.3) is 0 Å². The number of carbonyl (C=O) groups excluding carboxylic acids is 2. The topological polar surface area (TPSA) is 43.4 Å². The quantitative estimate of drug-likeness (QED) is 0.739. The van der Waals surface area contributed by atoms with Crippen LogP contribution in [0.3, 0.4) is 0 Å². The van der Waals surface area contributed by atoms with E-state index in [2.05, 4.69) is 0 Å². The largest absolute Gasteiger partial charge is 0.493 e. The van der Waals surface area contributed by atoms with Crippen LogP contribution in [0.15, 0.2) is 11.3 Å². The summed E-state index contributed by atoms with van der Waals surface area (Å²) in [5.41, 5.74) is 0.611. The summed E-state index contributed by atoms with van der Waals surface area (Å²) in [6.45, 7) is 9.11. The maximum atomic E-state index is 11.9. The number of Topliss-reactive ketones (excluding diaryl/α,β-unsaturated/α-hetero) is 2. The van der Waals surface area contributed by atoms with Crippen LogP contribution in [-0.4, -0.2) is 17.7 Å². The minimum Gasteiger partial charge on any atom is -0.493 e. The van der Waals surface area contributed by atoms with Gasteiger partial charge < -0.3 is 4.74 Å². The molecule has 0 aliphatic carbocycles. The lowest BCUT2D eigenvalue weighted by atomic mass is 9.88. The van der Waals surface area contributed by atoms with Gasteiger partial charge in [0, 0.05) is 12.0 Å². The van der Waals surface area contributed by atoms with Crippen LogP contribution < -0.4 is 0 Å². The monoisotopic (exact) mass is 224 g/mol. The lowest BCUT2D eigenvalue weighted by Gasteiger charge is -2.31. The zero-order chi connectivity index (χ0) is 12.5. The molecule has 0 saturated carbocycles. The van der Waals surface area contributed by atoms with E-state index in [0.29, 0.717) is 17.8 Å². The van der Waals surface area contributed by atoms with Crippen molar-refractivity contribution in [1.82, 2.24) is 0 Å². The molecule has 0 aromatic heterocycles. The summed E-state index contributed by atoms with van der Waals surface area (Å²) >= 11 is 0. The van der Waals surface area contributed by atoms with Gasteiger partial charge in [-0.25, -0.2) is 0 Å². The molecule has 0 N–H and O–H groups in total. The Labute approximate surface area is 96.9 Å². The Hall–Kier alpha value is -1.12. The first kappa shape index (κ1) is 12.9. The number of rotatable bonds is 3. The lowest BCUT2D eigenvalue weighted by Crippen LogP contribution is -2.35. The lowest BCUT2D eigenvalue weighted by molar-refractivity contribution is -0.127. The van der Waals surface area contributed by atoms with Gasteiger partial charge in [-0.3, -0.25) is 9.59 Å². The maximum absolute atomic E-state index is 11.9. The van der Waals surface area contributed by atoms with Gasteiger partial charge in [0.25, 0.3) is 0 Å². The number of hydrogen-bond donors (Lipinski definition) is 0. The molecule has 16 heavy (non-hydrogen) atoms. The van der Waals surface area contributed by atoms with Crippen LogP contribution >= 0.6 is 0 Å². The fourth-order valence-electron chi connectivity index (χ4n) is 1.95. The van der Waals surface area contributed by atoms with Crippen LogP contribution in [-0.2, 0) is 14.3 Å². The van der Waals surface area contributed by atoms with Crippen molar-refractivity contribution in [2.24, 2.45) is 11.8 Å². The molecule has 0 fully saturated rings. The average molecular weight is 224 g/mol. The molecule has 1 aliphatic heterocycles. The smallest absolute Gasteiger partial charge is 0.168 e. The van der Waals surface area contributed by atoms with Crippen molar-refractivity contribution in [1.29, 1.82) is 0 Å². The second kappa shape index (κ2) is 4.81. The second-order valence-electron chi connectivity index (χ2n) is 4.51. The number of hydrogen-bond acceptors (Lipinski definition) is 3. The van der Waals surface area contributed by atoms with E-state index in [1.165, 1.54) is 0 Å². The van der Waals surface area contributed by atoms with Crippen molar-refractivity contribution >= 4 is 11.6 Å². The fourth-order valence-corrected chi connectivity index (χ4v) is 1.95. The van der Waals surface area contributed by atoms with E-state index in [1.807, 2.05) is 20.8 Å². The third-order valence-electron chi connectivity index (χ3n) is 3.39. The van der Waals surface area contributed by atoms with E-state index in [1.54, 1.807) is 13.8 Å². The van der Waals surface area contributed by atoms with E-state index in [4.69, 9.17) is 4.74 Å². The van der Waals surface area contributed by atoms with Crippen molar-refractivity contribution in [3.05, 3.63) is 11.3 Å². The molecule has 0 saturated heterocycles. The number of ether oxygens (including phenoxy) is 1. The zero-order valence-corrected chi connectivity index (χ0v) is 10.7. The molecule has 1 heterocycles. The molecule has 3 heteroatoms. The summed E-state index contributed by atoms with van der Waals surface area (Å²) in [7, 11) is 0. The predicted molar refractivity (Wildman–Crippen MR) is 61.9 cm³/mol. The van der Waals surface area contributed by atoms with E-state index in [0.717, 1.165) is 0 Å². The van der Waals surface area contributed by atoms with Gasteiger partial charge in [0.1, 0.15) is 17.6 Å². The molecule has 0 amide bonds.